The molecule has 117 valence electrons. The maximum absolute atomic E-state index is 2.24. The number of hydrogen-bond donors (Lipinski definition) is 0. The van der Waals surface area contributed by atoms with Gasteiger partial charge in [-0.25, -0.2) is 12.1 Å². The molecule has 4 heteroatoms. The van der Waals surface area contributed by atoms with Crippen LogP contribution in [0.1, 0.15) is 27.8 Å². The molecule has 0 bridgehead atoms. The summed E-state index contributed by atoms with van der Waals surface area (Å²) >= 11 is 0. The van der Waals surface area contributed by atoms with Gasteiger partial charge in [-0.05, 0) is 0 Å². The Labute approximate surface area is 165 Å². The van der Waals surface area contributed by atoms with Crippen molar-refractivity contribution in [1.29, 1.82) is 0 Å². The van der Waals surface area contributed by atoms with Crippen LogP contribution in [0.25, 0.3) is 0 Å². The van der Waals surface area contributed by atoms with Gasteiger partial charge < -0.3 is 24.8 Å². The van der Waals surface area contributed by atoms with Crippen molar-refractivity contribution in [1.82, 2.24) is 0 Å². The molecule has 0 fully saturated rings. The second-order valence-corrected chi connectivity index (χ2v) is 5.95. The molecule has 1 radical (unpaired) electrons. The van der Waals surface area contributed by atoms with E-state index in [1.54, 1.807) is 0 Å². The third-order valence-electron chi connectivity index (χ3n) is 3.01. The summed E-state index contributed by atoms with van der Waals surface area (Å²) in [7, 11) is 0.750. The van der Waals surface area contributed by atoms with Crippen LogP contribution in [-0.2, 0) is 26.2 Å². The smallest absolute Gasteiger partial charge is 1.00 e. The molecule has 0 N–H and O–H groups in total. The van der Waals surface area contributed by atoms with Gasteiger partial charge in [0.15, 0.2) is 0 Å². The minimum atomic E-state index is 0. The van der Waals surface area contributed by atoms with Crippen molar-refractivity contribution in [2.24, 2.45) is 0 Å². The van der Waals surface area contributed by atoms with Gasteiger partial charge in [0.1, 0.15) is 0 Å². The van der Waals surface area contributed by atoms with Crippen LogP contribution in [0.2, 0.25) is 13.1 Å². The molecule has 0 atom stereocenters. The first-order valence-electron chi connectivity index (χ1n) is 6.56. The molecule has 0 aliphatic heterocycles. The van der Waals surface area contributed by atoms with Crippen LogP contribution in [0.3, 0.4) is 0 Å². The van der Waals surface area contributed by atoms with Gasteiger partial charge in [-0.1, -0.05) is 47.7 Å². The van der Waals surface area contributed by atoms with Gasteiger partial charge in [0, 0.05) is 9.52 Å². The molecule has 0 aromatic heterocycles. The Kier molecular flexibility index (Phi) is 23.4. The average molecular weight is 422 g/mol. The fourth-order valence-electron chi connectivity index (χ4n) is 1.60. The summed E-state index contributed by atoms with van der Waals surface area (Å²) in [6, 6.07) is 10.5. The standard InChI is InChI=1S/C9H13.C6H7.C2H7Si.2ClH.Zr/c1-6-5-7(2)9(4)8(6)3;1-6-4-2-3-5-6;1-3-2;;;/h5H,1-4H3;2-5H,1H3;3H,1-2H3;2*1H;/q2*-1;;;;+4/p-2. The van der Waals surface area contributed by atoms with Gasteiger partial charge in [0.25, 0.3) is 0 Å². The first-order valence-corrected chi connectivity index (χ1v) is 8.87. The summed E-state index contributed by atoms with van der Waals surface area (Å²) in [5, 5.41) is 0. The summed E-state index contributed by atoms with van der Waals surface area (Å²) < 4.78 is 0. The van der Waals surface area contributed by atoms with E-state index in [0.29, 0.717) is 0 Å². The van der Waals surface area contributed by atoms with Crippen LogP contribution < -0.4 is 24.8 Å². The van der Waals surface area contributed by atoms with Crippen molar-refractivity contribution in [3.8, 4) is 0 Å². The summed E-state index contributed by atoms with van der Waals surface area (Å²) in [5.74, 6) is 0. The summed E-state index contributed by atoms with van der Waals surface area (Å²) in [6.07, 6.45) is 0. The third kappa shape index (κ3) is 12.6. The van der Waals surface area contributed by atoms with Crippen molar-refractivity contribution in [3.05, 3.63) is 58.1 Å². The Morgan fingerprint density at radius 2 is 1.52 bits per heavy atom. The van der Waals surface area contributed by atoms with E-state index in [1.165, 1.54) is 27.8 Å². The Bertz CT molecular complexity index is 411. The molecule has 0 saturated carbocycles. The van der Waals surface area contributed by atoms with Crippen LogP contribution in [0.5, 0.6) is 0 Å². The molecular formula is C17H27Cl2SiZr. The molecule has 0 heterocycles. The van der Waals surface area contributed by atoms with Gasteiger partial charge in [-0.3, -0.25) is 0 Å². The van der Waals surface area contributed by atoms with Gasteiger partial charge in [0.2, 0.25) is 0 Å². The van der Waals surface area contributed by atoms with E-state index in [9.17, 15) is 0 Å². The molecule has 0 unspecified atom stereocenters. The minimum absolute atomic E-state index is 0. The zero-order valence-corrected chi connectivity index (χ0v) is 19.3. The molecule has 0 saturated heterocycles. The molecule has 0 amide bonds. The molecule has 2 aromatic rings. The van der Waals surface area contributed by atoms with E-state index >= 15 is 0 Å². The molecule has 0 spiro atoms. The monoisotopic (exact) mass is 419 g/mol. The topological polar surface area (TPSA) is 0 Å². The molecule has 0 aliphatic rings. The molecule has 2 aromatic carbocycles. The SMILES string of the molecule is C[SiH]C.Cc1c[c-](C)c(C)c1C.Cc1ccc[cH-]1.[Cl-].[Cl-].[Zr+4]. The molecule has 2 rings (SSSR count). The second-order valence-electron chi connectivity index (χ2n) is 4.80. The van der Waals surface area contributed by atoms with Crippen LogP contribution in [0, 0.1) is 34.6 Å². The molecule has 0 nitrogen and oxygen atoms in total. The maximum atomic E-state index is 2.24. The molecule has 0 aliphatic carbocycles. The summed E-state index contributed by atoms with van der Waals surface area (Å²) in [4.78, 5) is 0. The predicted octanol–water partition coefficient (Wildman–Crippen LogP) is -1.12. The van der Waals surface area contributed by atoms with E-state index in [4.69, 9.17) is 0 Å². The Balaban J connectivity index is -0.000000107. The minimum Gasteiger partial charge on any atom is -1.00 e. The van der Waals surface area contributed by atoms with E-state index in [0.717, 1.165) is 9.52 Å². The maximum Gasteiger partial charge on any atom is 4.00 e. The van der Waals surface area contributed by atoms with Crippen molar-refractivity contribution in [2.75, 3.05) is 0 Å². The van der Waals surface area contributed by atoms with E-state index < -0.39 is 0 Å². The Morgan fingerprint density at radius 3 is 1.62 bits per heavy atom. The van der Waals surface area contributed by atoms with E-state index in [-0.39, 0.29) is 51.0 Å². The van der Waals surface area contributed by atoms with Gasteiger partial charge in [-0.2, -0.15) is 46.0 Å². The fourth-order valence-corrected chi connectivity index (χ4v) is 1.60. The predicted molar refractivity (Wildman–Crippen MR) is 86.6 cm³/mol. The van der Waals surface area contributed by atoms with Gasteiger partial charge in [0.05, 0.1) is 0 Å². The zero-order valence-electron chi connectivity index (χ0n) is 14.2. The van der Waals surface area contributed by atoms with Crippen LogP contribution in [0.15, 0.2) is 30.3 Å². The summed E-state index contributed by atoms with van der Waals surface area (Å²) in [6.45, 7) is 15.2. The average Bonchev–Trinajstić information content (AvgIpc) is 2.86. The van der Waals surface area contributed by atoms with E-state index in [2.05, 4.69) is 65.9 Å². The van der Waals surface area contributed by atoms with Crippen molar-refractivity contribution >= 4 is 9.52 Å². The Morgan fingerprint density at radius 1 is 1.05 bits per heavy atom. The fraction of sp³-hybridized carbons (Fsp3) is 0.412. The van der Waals surface area contributed by atoms with E-state index in [1.807, 2.05) is 12.1 Å². The van der Waals surface area contributed by atoms with Crippen LogP contribution >= 0.6 is 0 Å². The number of aryl methyl sites for hydroxylation is 3. The number of rotatable bonds is 0. The van der Waals surface area contributed by atoms with Gasteiger partial charge >= 0.3 is 26.2 Å². The second kappa shape index (κ2) is 16.7. The van der Waals surface area contributed by atoms with Crippen molar-refractivity contribution < 1.29 is 51.0 Å². The quantitative estimate of drug-likeness (QED) is 0.373. The van der Waals surface area contributed by atoms with Gasteiger partial charge in [-0.15, -0.1) is 0 Å². The molecule has 21 heavy (non-hydrogen) atoms. The zero-order chi connectivity index (χ0) is 14.1. The first kappa shape index (κ1) is 29.4. The Hall–Kier alpha value is 0.380. The number of hydrogen-bond acceptors (Lipinski definition) is 0. The normalized spacial score (nSPS) is 7.76. The largest absolute Gasteiger partial charge is 4.00 e. The van der Waals surface area contributed by atoms with Crippen molar-refractivity contribution in [2.45, 2.75) is 47.7 Å². The first-order chi connectivity index (χ1) is 8.43. The molecular weight excluding hydrogens is 394 g/mol. The third-order valence-corrected chi connectivity index (χ3v) is 3.01. The number of halogens is 2. The van der Waals surface area contributed by atoms with Crippen molar-refractivity contribution in [3.63, 3.8) is 0 Å². The van der Waals surface area contributed by atoms with Crippen LogP contribution in [-0.4, -0.2) is 9.52 Å². The summed E-state index contributed by atoms with van der Waals surface area (Å²) in [5.41, 5.74) is 7.09. The van der Waals surface area contributed by atoms with Crippen LogP contribution in [0.4, 0.5) is 0 Å².